The molecule has 3 aromatic heterocycles. The van der Waals surface area contributed by atoms with E-state index in [4.69, 9.17) is 4.42 Å². The summed E-state index contributed by atoms with van der Waals surface area (Å²) in [6.45, 7) is 0. The highest BCUT2D eigenvalue weighted by molar-refractivity contribution is 6.34. The minimum Gasteiger partial charge on any atom is -0.456 e. The largest absolute Gasteiger partial charge is 0.456 e. The topological polar surface area (TPSA) is 41.3 Å². The Bertz CT molecular complexity index is 3170. The van der Waals surface area contributed by atoms with Crippen molar-refractivity contribution >= 4 is 70.8 Å². The summed E-state index contributed by atoms with van der Waals surface area (Å²) in [5.74, 6) is 0.134. The van der Waals surface area contributed by atoms with Crippen LogP contribution in [-0.2, 0) is 5.41 Å². The Morgan fingerprint density at radius 1 is 0.565 bits per heavy atom. The maximum Gasteiger partial charge on any atom is 0.136 e. The number of furan rings is 1. The average Bonchev–Trinajstić information content (AvgIpc) is 3.77. The number of aromatic nitrogens is 1. The van der Waals surface area contributed by atoms with E-state index in [9.17, 15) is 5.26 Å². The van der Waals surface area contributed by atoms with E-state index < -0.39 is 5.41 Å². The Kier molecular flexibility index (Phi) is 3.37. The standard InChI is InChI=1S/C43H20N2O/c44-20-23-13-14-28-38-37-25-10-4-6-12-33(25)46-34(37)19-32-42(38)45-40(28)35(23)27-16-15-26-36-24-9-3-5-11-30(24)43(32,39(26)41(27)45)31-18-22-8-2-1-7-21(22)17-29(31)36/h1-19,36H. The van der Waals surface area contributed by atoms with Gasteiger partial charge in [0.1, 0.15) is 11.2 Å². The molecule has 2 unspecified atom stereocenters. The van der Waals surface area contributed by atoms with Gasteiger partial charge >= 0.3 is 0 Å². The zero-order valence-corrected chi connectivity index (χ0v) is 24.3. The summed E-state index contributed by atoms with van der Waals surface area (Å²) in [4.78, 5) is 0. The van der Waals surface area contributed by atoms with Crippen molar-refractivity contribution in [3.05, 3.63) is 160 Å². The summed E-state index contributed by atoms with van der Waals surface area (Å²) in [7, 11) is 0. The minimum atomic E-state index is -0.537. The van der Waals surface area contributed by atoms with Gasteiger partial charge in [0.2, 0.25) is 0 Å². The Balaban J connectivity index is 1.41. The van der Waals surface area contributed by atoms with Crippen LogP contribution in [0.5, 0.6) is 0 Å². The van der Waals surface area contributed by atoms with Gasteiger partial charge in [-0.15, -0.1) is 0 Å². The van der Waals surface area contributed by atoms with Gasteiger partial charge in [-0.1, -0.05) is 84.9 Å². The zero-order chi connectivity index (χ0) is 29.6. The summed E-state index contributed by atoms with van der Waals surface area (Å²) in [5, 5.41) is 19.9. The first-order chi connectivity index (χ1) is 22.8. The molecule has 4 heterocycles. The number of rotatable bonds is 0. The predicted molar refractivity (Wildman–Crippen MR) is 183 cm³/mol. The van der Waals surface area contributed by atoms with Gasteiger partial charge in [0.15, 0.2) is 0 Å². The lowest BCUT2D eigenvalue weighted by atomic mass is 9.49. The molecule has 2 bridgehead atoms. The summed E-state index contributed by atoms with van der Waals surface area (Å²) in [5.41, 5.74) is 15.2. The van der Waals surface area contributed by atoms with Crippen molar-refractivity contribution in [2.24, 2.45) is 0 Å². The fraction of sp³-hybridized carbons (Fsp3) is 0.0465. The minimum absolute atomic E-state index is 0.134. The molecule has 3 aliphatic carbocycles. The first kappa shape index (κ1) is 22.4. The van der Waals surface area contributed by atoms with E-state index in [1.165, 1.54) is 76.9 Å². The van der Waals surface area contributed by atoms with Crippen LogP contribution in [0.1, 0.15) is 50.4 Å². The second kappa shape index (κ2) is 6.91. The van der Waals surface area contributed by atoms with E-state index in [-0.39, 0.29) is 5.92 Å². The van der Waals surface area contributed by atoms with Gasteiger partial charge in [0.05, 0.1) is 33.6 Å². The van der Waals surface area contributed by atoms with Crippen molar-refractivity contribution in [1.29, 1.82) is 5.26 Å². The predicted octanol–water partition coefficient (Wildman–Crippen LogP) is 10.3. The molecule has 10 aromatic rings. The van der Waals surface area contributed by atoms with Gasteiger partial charge in [0, 0.05) is 49.4 Å². The van der Waals surface area contributed by atoms with Crippen LogP contribution in [0.4, 0.5) is 0 Å². The maximum atomic E-state index is 10.4. The highest BCUT2D eigenvalue weighted by atomic mass is 16.3. The second-order valence-electron chi connectivity index (χ2n) is 13.4. The van der Waals surface area contributed by atoms with Crippen LogP contribution in [0, 0.1) is 11.3 Å². The molecule has 4 aliphatic rings. The number of hydrogen-bond acceptors (Lipinski definition) is 2. The van der Waals surface area contributed by atoms with E-state index in [1.807, 2.05) is 6.07 Å². The molecule has 3 heteroatoms. The SMILES string of the molecule is N#Cc1ccc2c3c4c(cc5c3n3c6c7c(ccc6c1c23)C1c2ccccc2C75c2cc3ccccc3cc21)oc1ccccc14. The lowest BCUT2D eigenvalue weighted by Gasteiger charge is -2.52. The fourth-order valence-corrected chi connectivity index (χ4v) is 10.3. The van der Waals surface area contributed by atoms with Crippen molar-refractivity contribution in [1.82, 2.24) is 4.40 Å². The molecule has 46 heavy (non-hydrogen) atoms. The first-order valence-corrected chi connectivity index (χ1v) is 16.0. The Hall–Kier alpha value is -6.11. The number of para-hydroxylation sites is 1. The molecule has 14 rings (SSSR count). The second-order valence-corrected chi connectivity index (χ2v) is 13.4. The monoisotopic (exact) mass is 580 g/mol. The van der Waals surface area contributed by atoms with Gasteiger partial charge in [0.25, 0.3) is 0 Å². The van der Waals surface area contributed by atoms with Gasteiger partial charge < -0.3 is 8.82 Å². The summed E-state index contributed by atoms with van der Waals surface area (Å²) < 4.78 is 9.29. The van der Waals surface area contributed by atoms with Crippen molar-refractivity contribution in [3.8, 4) is 6.07 Å². The van der Waals surface area contributed by atoms with E-state index in [1.54, 1.807) is 0 Å². The molecule has 3 nitrogen and oxygen atoms in total. The third-order valence-corrected chi connectivity index (χ3v) is 11.8. The molecule has 7 aromatic carbocycles. The molecule has 0 amide bonds. The van der Waals surface area contributed by atoms with Crippen molar-refractivity contribution < 1.29 is 4.42 Å². The molecule has 1 aliphatic heterocycles. The molecular formula is C43H20N2O. The first-order valence-electron chi connectivity index (χ1n) is 16.0. The Morgan fingerprint density at radius 2 is 1.35 bits per heavy atom. The normalized spacial score (nSPS) is 18.7. The van der Waals surface area contributed by atoms with Crippen LogP contribution in [0.2, 0.25) is 0 Å². The van der Waals surface area contributed by atoms with Crippen LogP contribution < -0.4 is 0 Å². The van der Waals surface area contributed by atoms with E-state index >= 15 is 0 Å². The van der Waals surface area contributed by atoms with E-state index in [0.29, 0.717) is 0 Å². The molecule has 0 fully saturated rings. The van der Waals surface area contributed by atoms with E-state index in [0.717, 1.165) is 38.4 Å². The van der Waals surface area contributed by atoms with Crippen molar-refractivity contribution in [2.45, 2.75) is 11.3 Å². The molecule has 0 radical (unpaired) electrons. The average molecular weight is 581 g/mol. The third-order valence-electron chi connectivity index (χ3n) is 11.8. The Labute approximate surface area is 261 Å². The number of nitriles is 1. The summed E-state index contributed by atoms with van der Waals surface area (Å²) in [6, 6.07) is 45.1. The third kappa shape index (κ3) is 2.04. The van der Waals surface area contributed by atoms with Gasteiger partial charge in [-0.05, 0) is 68.9 Å². The molecule has 2 atom stereocenters. The van der Waals surface area contributed by atoms with Crippen molar-refractivity contribution in [3.63, 3.8) is 0 Å². The molecule has 208 valence electrons. The number of nitrogens with zero attached hydrogens (tertiary/aromatic N) is 2. The lowest BCUT2D eigenvalue weighted by Crippen LogP contribution is -2.44. The maximum absolute atomic E-state index is 10.4. The molecule has 1 spiro atoms. The number of fused-ring (bicyclic) bond motifs is 7. The fourth-order valence-electron chi connectivity index (χ4n) is 10.3. The Morgan fingerprint density at radius 3 is 2.26 bits per heavy atom. The number of hydrogen-bond donors (Lipinski definition) is 0. The van der Waals surface area contributed by atoms with Gasteiger partial charge in [-0.25, -0.2) is 0 Å². The summed E-state index contributed by atoms with van der Waals surface area (Å²) in [6.07, 6.45) is 0. The van der Waals surface area contributed by atoms with Crippen LogP contribution in [0.15, 0.2) is 120 Å². The highest BCUT2D eigenvalue weighted by Crippen LogP contribution is 2.67. The summed E-state index contributed by atoms with van der Waals surface area (Å²) >= 11 is 0. The van der Waals surface area contributed by atoms with Crippen LogP contribution >= 0.6 is 0 Å². The number of benzene rings is 7. The highest BCUT2D eigenvalue weighted by Gasteiger charge is 2.57. The van der Waals surface area contributed by atoms with E-state index in [2.05, 4.69) is 120 Å². The van der Waals surface area contributed by atoms with Gasteiger partial charge in [-0.3, -0.25) is 0 Å². The zero-order valence-electron chi connectivity index (χ0n) is 24.3. The lowest BCUT2D eigenvalue weighted by molar-refractivity contribution is 0.629. The molecule has 0 saturated heterocycles. The molecule has 0 N–H and O–H groups in total. The quantitative estimate of drug-likeness (QED) is 0.179. The van der Waals surface area contributed by atoms with Crippen LogP contribution in [0.25, 0.3) is 70.8 Å². The molecule has 0 saturated carbocycles. The van der Waals surface area contributed by atoms with Gasteiger partial charge in [-0.2, -0.15) is 5.26 Å². The smallest absolute Gasteiger partial charge is 0.136 e. The molecular weight excluding hydrogens is 560 g/mol. The van der Waals surface area contributed by atoms with Crippen LogP contribution in [-0.4, -0.2) is 4.40 Å². The van der Waals surface area contributed by atoms with Crippen LogP contribution in [0.3, 0.4) is 0 Å². The van der Waals surface area contributed by atoms with Crippen molar-refractivity contribution in [2.75, 3.05) is 0 Å².